The van der Waals surface area contributed by atoms with E-state index in [1.165, 1.54) is 6.33 Å². The molecule has 2 heterocycles. The number of halogens is 1. The quantitative estimate of drug-likeness (QED) is 0.678. The third-order valence-electron chi connectivity index (χ3n) is 3.30. The van der Waals surface area contributed by atoms with Gasteiger partial charge in [0.1, 0.15) is 24.8 Å². The first-order valence-corrected chi connectivity index (χ1v) is 6.19. The topological polar surface area (TPSA) is 62.3 Å². The smallest absolute Gasteiger partial charge is 0.248 e. The number of hydrogen-bond acceptors (Lipinski definition) is 5. The van der Waals surface area contributed by atoms with E-state index in [-0.39, 0.29) is 12.4 Å². The summed E-state index contributed by atoms with van der Waals surface area (Å²) in [5, 5.41) is 5.08. The molecule has 0 amide bonds. The highest BCUT2D eigenvalue weighted by Gasteiger charge is 2.37. The summed E-state index contributed by atoms with van der Waals surface area (Å²) in [6.07, 6.45) is 3.07. The van der Waals surface area contributed by atoms with Crippen LogP contribution in [-0.4, -0.2) is 29.0 Å². The number of hydrogen-bond donors (Lipinski definition) is 0. The van der Waals surface area contributed by atoms with Crippen molar-refractivity contribution < 1.29 is 13.9 Å². The molecule has 0 bridgehead atoms. The molecule has 1 aromatic carbocycles. The van der Waals surface area contributed by atoms with Crippen LogP contribution in [0.2, 0.25) is 0 Å². The third-order valence-corrected chi connectivity index (χ3v) is 3.30. The highest BCUT2D eigenvalue weighted by atomic mass is 35.5. The SMILES string of the molecule is COC(Cn1cncn1)(OC)c1cc2ccccc2o1.Cl. The van der Waals surface area contributed by atoms with Crippen LogP contribution in [0, 0.1) is 0 Å². The zero-order chi connectivity index (χ0) is 14.0. The van der Waals surface area contributed by atoms with E-state index in [9.17, 15) is 0 Å². The summed E-state index contributed by atoms with van der Waals surface area (Å²) in [6, 6.07) is 9.69. The summed E-state index contributed by atoms with van der Waals surface area (Å²) in [7, 11) is 3.15. The highest BCUT2D eigenvalue weighted by Crippen LogP contribution is 2.32. The minimum Gasteiger partial charge on any atom is -0.455 e. The van der Waals surface area contributed by atoms with Crippen LogP contribution in [0.25, 0.3) is 11.0 Å². The number of para-hydroxylation sites is 1. The molecular formula is C14H16ClN3O3. The zero-order valence-corrected chi connectivity index (χ0v) is 12.5. The molecule has 0 N–H and O–H groups in total. The van der Waals surface area contributed by atoms with Crippen molar-refractivity contribution in [3.05, 3.63) is 48.7 Å². The summed E-state index contributed by atoms with van der Waals surface area (Å²) in [5.41, 5.74) is 0.791. The standard InChI is InChI=1S/C14H15N3O3.ClH/c1-18-14(19-2,8-17-10-15-9-16-17)13-7-11-5-3-4-6-12(11)20-13;/h3-7,9-10H,8H2,1-2H3;1H. The first-order valence-electron chi connectivity index (χ1n) is 6.19. The Hall–Kier alpha value is -1.89. The molecule has 7 heteroatoms. The van der Waals surface area contributed by atoms with Gasteiger partial charge in [-0.15, -0.1) is 12.4 Å². The maximum absolute atomic E-state index is 5.85. The second-order valence-electron chi connectivity index (χ2n) is 4.40. The first kappa shape index (κ1) is 15.5. The summed E-state index contributed by atoms with van der Waals surface area (Å²) in [6.45, 7) is 0.347. The number of furan rings is 1. The van der Waals surface area contributed by atoms with Crippen molar-refractivity contribution in [2.24, 2.45) is 0 Å². The molecule has 0 aliphatic heterocycles. The minimum absolute atomic E-state index is 0. The van der Waals surface area contributed by atoms with Gasteiger partial charge in [-0.3, -0.25) is 0 Å². The summed E-state index contributed by atoms with van der Waals surface area (Å²) >= 11 is 0. The molecule has 0 atom stereocenters. The Kier molecular flexibility index (Phi) is 4.62. The Balaban J connectivity index is 0.00000161. The van der Waals surface area contributed by atoms with E-state index in [2.05, 4.69) is 10.1 Å². The molecule has 21 heavy (non-hydrogen) atoms. The lowest BCUT2D eigenvalue weighted by Crippen LogP contribution is -2.35. The zero-order valence-electron chi connectivity index (χ0n) is 11.7. The number of methoxy groups -OCH3 is 2. The molecule has 112 valence electrons. The van der Waals surface area contributed by atoms with Gasteiger partial charge in [0, 0.05) is 19.6 Å². The van der Waals surface area contributed by atoms with Crippen LogP contribution < -0.4 is 0 Å². The summed E-state index contributed by atoms with van der Waals surface area (Å²) in [5.74, 6) is -0.439. The second-order valence-corrected chi connectivity index (χ2v) is 4.40. The monoisotopic (exact) mass is 309 g/mol. The Bertz CT molecular complexity index is 659. The van der Waals surface area contributed by atoms with Gasteiger partial charge in [0.05, 0.1) is 0 Å². The summed E-state index contributed by atoms with van der Waals surface area (Å²) in [4.78, 5) is 3.92. The maximum atomic E-state index is 5.85. The Morgan fingerprint density at radius 3 is 2.62 bits per heavy atom. The largest absolute Gasteiger partial charge is 0.455 e. The van der Waals surface area contributed by atoms with Gasteiger partial charge >= 0.3 is 0 Å². The summed E-state index contributed by atoms with van der Waals surface area (Å²) < 4.78 is 18.6. The van der Waals surface area contributed by atoms with Crippen LogP contribution >= 0.6 is 12.4 Å². The van der Waals surface area contributed by atoms with Crippen molar-refractivity contribution in [3.63, 3.8) is 0 Å². The number of rotatable bonds is 5. The van der Waals surface area contributed by atoms with Gasteiger partial charge in [0.15, 0.2) is 5.76 Å². The molecule has 0 saturated carbocycles. The van der Waals surface area contributed by atoms with Crippen molar-refractivity contribution in [1.29, 1.82) is 0 Å². The van der Waals surface area contributed by atoms with E-state index >= 15 is 0 Å². The van der Waals surface area contributed by atoms with E-state index in [0.717, 1.165) is 11.0 Å². The van der Waals surface area contributed by atoms with E-state index in [4.69, 9.17) is 13.9 Å². The molecule has 0 aliphatic rings. The molecule has 0 unspecified atom stereocenters. The number of benzene rings is 1. The van der Waals surface area contributed by atoms with Crippen molar-refractivity contribution >= 4 is 23.4 Å². The van der Waals surface area contributed by atoms with Gasteiger partial charge in [-0.05, 0) is 12.1 Å². The normalized spacial score (nSPS) is 11.5. The fourth-order valence-corrected chi connectivity index (χ4v) is 2.19. The van der Waals surface area contributed by atoms with E-state index in [1.54, 1.807) is 25.2 Å². The number of fused-ring (bicyclic) bond motifs is 1. The highest BCUT2D eigenvalue weighted by molar-refractivity contribution is 5.85. The van der Waals surface area contributed by atoms with Crippen molar-refractivity contribution in [3.8, 4) is 0 Å². The van der Waals surface area contributed by atoms with Crippen LogP contribution in [0.15, 0.2) is 47.4 Å². The lowest BCUT2D eigenvalue weighted by atomic mass is 10.2. The Morgan fingerprint density at radius 1 is 1.24 bits per heavy atom. The van der Waals surface area contributed by atoms with Gasteiger partial charge in [0.25, 0.3) is 0 Å². The molecule has 0 fully saturated rings. The third kappa shape index (κ3) is 2.78. The maximum Gasteiger partial charge on any atom is 0.248 e. The predicted molar refractivity (Wildman–Crippen MR) is 79.2 cm³/mol. The Labute approximate surface area is 128 Å². The molecule has 0 saturated heterocycles. The number of aromatic nitrogens is 3. The Morgan fingerprint density at radius 2 is 2.00 bits per heavy atom. The lowest BCUT2D eigenvalue weighted by molar-refractivity contribution is -0.236. The predicted octanol–water partition coefficient (Wildman–Crippen LogP) is 2.59. The molecule has 6 nitrogen and oxygen atoms in total. The molecule has 0 spiro atoms. The average molecular weight is 310 g/mol. The van der Waals surface area contributed by atoms with Gasteiger partial charge in [0.2, 0.25) is 5.79 Å². The van der Waals surface area contributed by atoms with Gasteiger partial charge in [-0.1, -0.05) is 18.2 Å². The van der Waals surface area contributed by atoms with Gasteiger partial charge < -0.3 is 13.9 Å². The minimum atomic E-state index is -1.03. The van der Waals surface area contributed by atoms with Crippen molar-refractivity contribution in [2.45, 2.75) is 12.3 Å². The van der Waals surface area contributed by atoms with E-state index in [1.807, 2.05) is 30.3 Å². The van der Waals surface area contributed by atoms with E-state index in [0.29, 0.717) is 12.3 Å². The number of nitrogens with zero attached hydrogens (tertiary/aromatic N) is 3. The van der Waals surface area contributed by atoms with Crippen molar-refractivity contribution in [2.75, 3.05) is 14.2 Å². The van der Waals surface area contributed by atoms with Crippen LogP contribution in [0.1, 0.15) is 5.76 Å². The fraction of sp³-hybridized carbons (Fsp3) is 0.286. The fourth-order valence-electron chi connectivity index (χ4n) is 2.19. The van der Waals surface area contributed by atoms with Gasteiger partial charge in [-0.2, -0.15) is 5.10 Å². The first-order chi connectivity index (χ1) is 9.77. The van der Waals surface area contributed by atoms with Crippen LogP contribution in [-0.2, 0) is 21.8 Å². The molecule has 0 aliphatic carbocycles. The number of ether oxygens (including phenoxy) is 2. The molecule has 2 aromatic heterocycles. The van der Waals surface area contributed by atoms with E-state index < -0.39 is 5.79 Å². The molecule has 3 aromatic rings. The van der Waals surface area contributed by atoms with Crippen LogP contribution in [0.4, 0.5) is 0 Å². The van der Waals surface area contributed by atoms with Crippen molar-refractivity contribution in [1.82, 2.24) is 14.8 Å². The van der Waals surface area contributed by atoms with Crippen LogP contribution in [0.3, 0.4) is 0 Å². The molecule has 3 rings (SSSR count). The average Bonchev–Trinajstić information content (AvgIpc) is 3.13. The lowest BCUT2D eigenvalue weighted by Gasteiger charge is -2.28. The van der Waals surface area contributed by atoms with Gasteiger partial charge in [-0.25, -0.2) is 9.67 Å². The van der Waals surface area contributed by atoms with Crippen LogP contribution in [0.5, 0.6) is 0 Å². The molecule has 0 radical (unpaired) electrons. The molecular weight excluding hydrogens is 294 g/mol. The second kappa shape index (κ2) is 6.26.